The van der Waals surface area contributed by atoms with E-state index in [9.17, 15) is 8.42 Å². The van der Waals surface area contributed by atoms with Gasteiger partial charge in [0.15, 0.2) is 14.6 Å². The van der Waals surface area contributed by atoms with Gasteiger partial charge in [-0.3, -0.25) is 0 Å². The van der Waals surface area contributed by atoms with Crippen molar-refractivity contribution in [3.63, 3.8) is 0 Å². The number of nitrogens with zero attached hydrogens (tertiary/aromatic N) is 1. The van der Waals surface area contributed by atoms with Gasteiger partial charge in [-0.2, -0.15) is 5.26 Å². The third-order valence-corrected chi connectivity index (χ3v) is 4.60. The Morgan fingerprint density at radius 2 is 1.67 bits per heavy atom. The van der Waals surface area contributed by atoms with Crippen molar-refractivity contribution in [2.45, 2.75) is 30.4 Å². The van der Waals surface area contributed by atoms with Gasteiger partial charge in [-0.25, -0.2) is 8.42 Å². The molecule has 4 heteroatoms. The number of nitriles is 1. The quantitative estimate of drug-likeness (QED) is 0.771. The van der Waals surface area contributed by atoms with Gasteiger partial charge in [-0.15, -0.1) is 0 Å². The lowest BCUT2D eigenvalue weighted by Crippen LogP contribution is -2.29. The molecule has 0 heterocycles. The lowest BCUT2D eigenvalue weighted by molar-refractivity contribution is 0.574. The fraction of sp³-hybridized carbons (Fsp3) is 0.364. The molecule has 0 saturated carbocycles. The van der Waals surface area contributed by atoms with E-state index in [0.717, 1.165) is 5.56 Å². The van der Waals surface area contributed by atoms with Crippen LogP contribution < -0.4 is 0 Å². The first-order valence-corrected chi connectivity index (χ1v) is 6.02. The van der Waals surface area contributed by atoms with Crippen LogP contribution in [0.1, 0.15) is 19.4 Å². The van der Waals surface area contributed by atoms with E-state index >= 15 is 0 Å². The summed E-state index contributed by atoms with van der Waals surface area (Å²) in [5.41, 5.74) is 0.990. The molecule has 1 aromatic carbocycles. The lowest BCUT2D eigenvalue weighted by Gasteiger charge is -2.16. The van der Waals surface area contributed by atoms with Crippen LogP contribution in [0.4, 0.5) is 0 Å². The Morgan fingerprint density at radius 1 is 1.20 bits per heavy atom. The van der Waals surface area contributed by atoms with Crippen molar-refractivity contribution < 1.29 is 8.42 Å². The zero-order valence-electron chi connectivity index (χ0n) is 8.98. The Balaban J connectivity index is 3.32. The Kier molecular flexibility index (Phi) is 2.87. The molecule has 0 unspecified atom stereocenters. The Labute approximate surface area is 90.3 Å². The van der Waals surface area contributed by atoms with Crippen LogP contribution in [0, 0.1) is 18.3 Å². The Hall–Kier alpha value is -1.34. The Morgan fingerprint density at radius 3 is 2.07 bits per heavy atom. The minimum absolute atomic E-state index is 0.194. The summed E-state index contributed by atoms with van der Waals surface area (Å²) in [6, 6.07) is 8.31. The first-order chi connectivity index (χ1) is 6.81. The van der Waals surface area contributed by atoms with Gasteiger partial charge in [0.1, 0.15) is 0 Å². The highest BCUT2D eigenvalue weighted by Crippen LogP contribution is 2.24. The maximum atomic E-state index is 12.0. The molecule has 0 radical (unpaired) electrons. The minimum Gasteiger partial charge on any atom is -0.222 e. The van der Waals surface area contributed by atoms with Crippen molar-refractivity contribution in [3.05, 3.63) is 29.8 Å². The second-order valence-electron chi connectivity index (χ2n) is 3.94. The molecule has 0 aliphatic heterocycles. The van der Waals surface area contributed by atoms with E-state index in [0.29, 0.717) is 0 Å². The van der Waals surface area contributed by atoms with Crippen LogP contribution in [0.5, 0.6) is 0 Å². The minimum atomic E-state index is -3.57. The zero-order chi connectivity index (χ0) is 11.7. The van der Waals surface area contributed by atoms with Gasteiger partial charge < -0.3 is 0 Å². The van der Waals surface area contributed by atoms with Crippen molar-refractivity contribution in [1.82, 2.24) is 0 Å². The third-order valence-electron chi connectivity index (χ3n) is 2.27. The Bertz CT molecular complexity index is 492. The highest BCUT2D eigenvalue weighted by molar-refractivity contribution is 7.93. The molecule has 80 valence electrons. The standard InChI is InChI=1S/C11H13NO2S/c1-9-4-6-10(7-5-9)15(13,14)11(2,3)8-12/h4-7H,1-3H3. The number of aryl methyl sites for hydroxylation is 1. The van der Waals surface area contributed by atoms with Crippen molar-refractivity contribution in [2.75, 3.05) is 0 Å². The smallest absolute Gasteiger partial charge is 0.196 e. The van der Waals surface area contributed by atoms with Gasteiger partial charge in [0, 0.05) is 0 Å². The van der Waals surface area contributed by atoms with E-state index in [1.165, 1.54) is 26.0 Å². The summed E-state index contributed by atoms with van der Waals surface area (Å²) in [5.74, 6) is 0. The highest BCUT2D eigenvalue weighted by Gasteiger charge is 2.35. The SMILES string of the molecule is Cc1ccc(S(=O)(=O)C(C)(C)C#N)cc1. The van der Waals surface area contributed by atoms with Gasteiger partial charge in [-0.1, -0.05) is 17.7 Å². The summed E-state index contributed by atoms with van der Waals surface area (Å²) in [6.07, 6.45) is 0. The van der Waals surface area contributed by atoms with Crippen LogP contribution in [0.15, 0.2) is 29.2 Å². The molecular formula is C11H13NO2S. The van der Waals surface area contributed by atoms with E-state index in [1.54, 1.807) is 18.2 Å². The fourth-order valence-electron chi connectivity index (χ4n) is 1.07. The second-order valence-corrected chi connectivity index (χ2v) is 6.44. The van der Waals surface area contributed by atoms with E-state index in [1.807, 2.05) is 6.92 Å². The maximum absolute atomic E-state index is 12.0. The molecule has 0 bridgehead atoms. The molecule has 0 saturated heterocycles. The first-order valence-electron chi connectivity index (χ1n) is 4.54. The highest BCUT2D eigenvalue weighted by atomic mass is 32.2. The molecule has 1 rings (SSSR count). The summed E-state index contributed by atoms with van der Waals surface area (Å²) in [4.78, 5) is 0.194. The van der Waals surface area contributed by atoms with Crippen LogP contribution >= 0.6 is 0 Å². The second kappa shape index (κ2) is 3.67. The van der Waals surface area contributed by atoms with E-state index in [4.69, 9.17) is 5.26 Å². The van der Waals surface area contributed by atoms with E-state index in [2.05, 4.69) is 0 Å². The molecule has 0 amide bonds. The summed E-state index contributed by atoms with van der Waals surface area (Å²) < 4.78 is 22.6. The molecule has 0 aliphatic rings. The molecule has 0 N–H and O–H groups in total. The number of hydrogen-bond donors (Lipinski definition) is 0. The van der Waals surface area contributed by atoms with Crippen LogP contribution in [0.3, 0.4) is 0 Å². The van der Waals surface area contributed by atoms with Gasteiger partial charge in [0.25, 0.3) is 0 Å². The van der Waals surface area contributed by atoms with Crippen molar-refractivity contribution in [2.24, 2.45) is 0 Å². The molecule has 0 fully saturated rings. The average Bonchev–Trinajstić information content (AvgIpc) is 2.18. The predicted octanol–water partition coefficient (Wildman–Crippen LogP) is 2.07. The van der Waals surface area contributed by atoms with Crippen LogP contribution in [0.25, 0.3) is 0 Å². The number of sulfone groups is 1. The molecule has 0 aromatic heterocycles. The number of benzene rings is 1. The average molecular weight is 223 g/mol. The molecule has 1 aromatic rings. The summed E-state index contributed by atoms with van der Waals surface area (Å²) >= 11 is 0. The third kappa shape index (κ3) is 2.02. The molecular weight excluding hydrogens is 210 g/mol. The van der Waals surface area contributed by atoms with Gasteiger partial charge in [0.05, 0.1) is 11.0 Å². The van der Waals surface area contributed by atoms with Gasteiger partial charge >= 0.3 is 0 Å². The van der Waals surface area contributed by atoms with E-state index < -0.39 is 14.6 Å². The lowest BCUT2D eigenvalue weighted by atomic mass is 10.2. The summed E-state index contributed by atoms with van der Waals surface area (Å²) in [7, 11) is -3.57. The van der Waals surface area contributed by atoms with Gasteiger partial charge in [-0.05, 0) is 32.9 Å². The van der Waals surface area contributed by atoms with E-state index in [-0.39, 0.29) is 4.90 Å². The molecule has 15 heavy (non-hydrogen) atoms. The fourth-order valence-corrected chi connectivity index (χ4v) is 2.28. The first kappa shape index (κ1) is 11.7. The van der Waals surface area contributed by atoms with Crippen molar-refractivity contribution in [3.8, 4) is 6.07 Å². The zero-order valence-corrected chi connectivity index (χ0v) is 9.80. The maximum Gasteiger partial charge on any atom is 0.196 e. The van der Waals surface area contributed by atoms with Gasteiger partial charge in [0.2, 0.25) is 0 Å². The topological polar surface area (TPSA) is 57.9 Å². The largest absolute Gasteiger partial charge is 0.222 e. The number of hydrogen-bond acceptors (Lipinski definition) is 3. The monoisotopic (exact) mass is 223 g/mol. The molecule has 0 spiro atoms. The predicted molar refractivity (Wildman–Crippen MR) is 58.1 cm³/mol. The van der Waals surface area contributed by atoms with Crippen molar-refractivity contribution in [1.29, 1.82) is 5.26 Å². The summed E-state index contributed by atoms with van der Waals surface area (Å²) in [5, 5.41) is 8.82. The molecule has 0 aliphatic carbocycles. The summed E-state index contributed by atoms with van der Waals surface area (Å²) in [6.45, 7) is 4.69. The number of rotatable bonds is 2. The van der Waals surface area contributed by atoms with Crippen LogP contribution in [0.2, 0.25) is 0 Å². The van der Waals surface area contributed by atoms with Crippen molar-refractivity contribution >= 4 is 9.84 Å². The molecule has 0 atom stereocenters. The molecule has 3 nitrogen and oxygen atoms in total. The van der Waals surface area contributed by atoms with Crippen LogP contribution in [-0.4, -0.2) is 13.2 Å². The van der Waals surface area contributed by atoms with Crippen LogP contribution in [-0.2, 0) is 9.84 Å². The normalized spacial score (nSPS) is 12.1.